The number of anilines is 1. The lowest BCUT2D eigenvalue weighted by atomic mass is 10.0. The van der Waals surface area contributed by atoms with Gasteiger partial charge in [0, 0.05) is 11.3 Å². The van der Waals surface area contributed by atoms with Gasteiger partial charge in [0.05, 0.1) is 13.2 Å². The number of tetrazole rings is 1. The van der Waals surface area contributed by atoms with Gasteiger partial charge in [-0.25, -0.2) is 9.48 Å². The summed E-state index contributed by atoms with van der Waals surface area (Å²) in [7, 11) is 0. The Balaban J connectivity index is 0.973. The number of carbonyl (C=O) groups is 1. The van der Waals surface area contributed by atoms with Gasteiger partial charge in [-0.15, -0.1) is 5.10 Å². The van der Waals surface area contributed by atoms with Crippen molar-refractivity contribution in [1.29, 1.82) is 0 Å². The summed E-state index contributed by atoms with van der Waals surface area (Å²) in [4.78, 5) is 12.7. The molecule has 1 aromatic heterocycles. The van der Waals surface area contributed by atoms with E-state index in [1.54, 1.807) is 28.9 Å². The molecule has 1 amide bonds. The summed E-state index contributed by atoms with van der Waals surface area (Å²) < 4.78 is 25.3. The van der Waals surface area contributed by atoms with Gasteiger partial charge in [-0.3, -0.25) is 5.32 Å². The molecular weight excluding hydrogens is 534 g/mol. The second kappa shape index (κ2) is 11.4. The number of para-hydroxylation sites is 1. The summed E-state index contributed by atoms with van der Waals surface area (Å²) in [5.74, 6) is 2.01. The fourth-order valence-electron chi connectivity index (χ4n) is 5.32. The lowest BCUT2D eigenvalue weighted by molar-refractivity contribution is 0.00774. The minimum Gasteiger partial charge on any atom is -0.457 e. The minimum absolute atomic E-state index is 0.215. The van der Waals surface area contributed by atoms with Crippen LogP contribution in [0, 0.1) is 0 Å². The number of ether oxygens (including phenoxy) is 4. The van der Waals surface area contributed by atoms with Crippen molar-refractivity contribution in [2.45, 2.75) is 24.4 Å². The Bertz CT molecular complexity index is 1640. The molecule has 0 bridgehead atoms. The molecule has 2 saturated heterocycles. The first-order chi connectivity index (χ1) is 20.7. The van der Waals surface area contributed by atoms with Crippen LogP contribution < -0.4 is 10.1 Å². The molecule has 210 valence electrons. The highest BCUT2D eigenvalue weighted by atomic mass is 16.6. The number of hydrogen-bond acceptors (Lipinski definition) is 8. The van der Waals surface area contributed by atoms with E-state index in [0.717, 1.165) is 22.4 Å². The van der Waals surface area contributed by atoms with Crippen LogP contribution in [0.4, 0.5) is 10.5 Å². The average Bonchev–Trinajstić information content (AvgIpc) is 3.77. The maximum atomic E-state index is 12.7. The van der Waals surface area contributed by atoms with Crippen LogP contribution >= 0.6 is 0 Å². The van der Waals surface area contributed by atoms with Gasteiger partial charge in [-0.05, 0) is 58.0 Å². The van der Waals surface area contributed by atoms with E-state index in [1.165, 1.54) is 0 Å². The molecule has 42 heavy (non-hydrogen) atoms. The average molecular weight is 562 g/mol. The summed E-state index contributed by atoms with van der Waals surface area (Å²) in [6, 6.07) is 34.6. The van der Waals surface area contributed by atoms with Crippen LogP contribution in [0.2, 0.25) is 0 Å². The first-order valence-electron chi connectivity index (χ1n) is 13.7. The Labute approximate surface area is 241 Å². The smallest absolute Gasteiger partial charge is 0.412 e. The highest BCUT2D eigenvalue weighted by molar-refractivity contribution is 5.84. The van der Waals surface area contributed by atoms with Crippen molar-refractivity contribution in [3.8, 4) is 34.0 Å². The molecule has 10 nitrogen and oxygen atoms in total. The van der Waals surface area contributed by atoms with Gasteiger partial charge in [0.15, 0.2) is 11.9 Å². The molecule has 2 aliphatic heterocycles. The van der Waals surface area contributed by atoms with Gasteiger partial charge in [0.25, 0.3) is 0 Å². The van der Waals surface area contributed by atoms with Crippen molar-refractivity contribution >= 4 is 11.8 Å². The van der Waals surface area contributed by atoms with E-state index in [2.05, 4.69) is 45.1 Å². The van der Waals surface area contributed by atoms with Crippen LogP contribution in [0.3, 0.4) is 0 Å². The van der Waals surface area contributed by atoms with Gasteiger partial charge in [-0.2, -0.15) is 0 Å². The van der Waals surface area contributed by atoms with Crippen LogP contribution in [0.25, 0.3) is 22.5 Å². The second-order valence-corrected chi connectivity index (χ2v) is 10.1. The number of carbonyl (C=O) groups excluding carboxylic acids is 1. The zero-order chi connectivity index (χ0) is 28.3. The lowest BCUT2D eigenvalue weighted by Gasteiger charge is -2.18. The van der Waals surface area contributed by atoms with Gasteiger partial charge < -0.3 is 18.9 Å². The third kappa shape index (κ3) is 5.32. The molecule has 4 atom stereocenters. The molecular formula is C32H27N5O5. The summed E-state index contributed by atoms with van der Waals surface area (Å²) in [6.45, 7) is 0.548. The summed E-state index contributed by atoms with van der Waals surface area (Å²) in [5.41, 5.74) is 3.71. The minimum atomic E-state index is -0.588. The first-order valence-corrected chi connectivity index (χ1v) is 13.7. The summed E-state index contributed by atoms with van der Waals surface area (Å²) >= 11 is 0. The molecule has 3 heterocycles. The highest BCUT2D eigenvalue weighted by Gasteiger charge is 2.51. The van der Waals surface area contributed by atoms with Crippen molar-refractivity contribution in [2.24, 2.45) is 0 Å². The summed E-state index contributed by atoms with van der Waals surface area (Å²) in [6.07, 6.45) is -1.94. The number of hydrogen-bond donors (Lipinski definition) is 1. The van der Waals surface area contributed by atoms with Crippen LogP contribution in [-0.2, 0) is 14.2 Å². The molecule has 7 rings (SSSR count). The number of fused-ring (bicyclic) bond motifs is 1. The zero-order valence-electron chi connectivity index (χ0n) is 22.4. The van der Waals surface area contributed by atoms with Crippen LogP contribution in [0.1, 0.15) is 6.04 Å². The quantitative estimate of drug-likeness (QED) is 0.267. The number of aromatic nitrogens is 4. The fraction of sp³-hybridized carbons (Fsp3) is 0.188. The Morgan fingerprint density at radius 2 is 1.38 bits per heavy atom. The Morgan fingerprint density at radius 3 is 2.14 bits per heavy atom. The van der Waals surface area contributed by atoms with E-state index in [9.17, 15) is 4.79 Å². The van der Waals surface area contributed by atoms with E-state index in [4.69, 9.17) is 18.9 Å². The molecule has 0 aliphatic carbocycles. The normalized spacial score (nSPS) is 21.0. The lowest BCUT2D eigenvalue weighted by Crippen LogP contribution is -2.35. The number of nitrogens with one attached hydrogen (secondary N) is 1. The first kappa shape index (κ1) is 25.9. The Kier molecular flexibility index (Phi) is 7.05. The third-order valence-corrected chi connectivity index (χ3v) is 7.38. The Hall–Kier alpha value is -5.06. The van der Waals surface area contributed by atoms with Gasteiger partial charge in [0.2, 0.25) is 0 Å². The molecule has 1 N–H and O–H groups in total. The van der Waals surface area contributed by atoms with Gasteiger partial charge in [-0.1, -0.05) is 72.8 Å². The maximum absolute atomic E-state index is 12.7. The molecule has 0 spiro atoms. The second-order valence-electron chi connectivity index (χ2n) is 10.1. The van der Waals surface area contributed by atoms with E-state index < -0.39 is 18.3 Å². The predicted molar refractivity (Wildman–Crippen MR) is 154 cm³/mol. The maximum Gasteiger partial charge on any atom is 0.412 e. The Morgan fingerprint density at radius 1 is 0.738 bits per heavy atom. The van der Waals surface area contributed by atoms with Crippen molar-refractivity contribution in [1.82, 2.24) is 20.2 Å². The van der Waals surface area contributed by atoms with Crippen LogP contribution in [-0.4, -0.2) is 57.8 Å². The van der Waals surface area contributed by atoms with Crippen LogP contribution in [0.5, 0.6) is 11.5 Å². The zero-order valence-corrected chi connectivity index (χ0v) is 22.4. The number of nitrogens with zero attached hydrogens (tertiary/aromatic N) is 4. The fourth-order valence-corrected chi connectivity index (χ4v) is 5.32. The molecule has 4 aromatic carbocycles. The highest BCUT2D eigenvalue weighted by Crippen LogP contribution is 2.37. The molecule has 0 unspecified atom stereocenters. The molecule has 0 radical (unpaired) electrons. The van der Waals surface area contributed by atoms with E-state index in [0.29, 0.717) is 23.9 Å². The SMILES string of the molecule is O=C(Nc1ccc(Oc2ccccc2)cc1)O[C@@H]1CO[C@H]2[C@@H]1OC[C@@H]2n1nnnc1-c1ccc(-c2ccccc2)cc1. The van der Waals surface area contributed by atoms with Crippen LogP contribution in [0.15, 0.2) is 109 Å². The number of amides is 1. The van der Waals surface area contributed by atoms with Crippen molar-refractivity contribution in [3.63, 3.8) is 0 Å². The molecule has 5 aromatic rings. The topological polar surface area (TPSA) is 110 Å². The predicted octanol–water partition coefficient (Wildman–Crippen LogP) is 5.76. The van der Waals surface area contributed by atoms with E-state index in [1.807, 2.05) is 60.7 Å². The third-order valence-electron chi connectivity index (χ3n) is 7.38. The molecule has 10 heteroatoms. The van der Waals surface area contributed by atoms with E-state index in [-0.39, 0.29) is 18.8 Å². The van der Waals surface area contributed by atoms with Crippen molar-refractivity contribution in [2.75, 3.05) is 18.5 Å². The van der Waals surface area contributed by atoms with E-state index >= 15 is 0 Å². The number of rotatable bonds is 7. The number of benzene rings is 4. The molecule has 2 fully saturated rings. The molecule has 0 saturated carbocycles. The standard InChI is InChI=1S/C32H27N5O5/c38-32(33-24-15-17-26(18-16-24)41-25-9-5-2-6-10-25)42-28-20-40-29-27(19-39-30(28)29)37-31(34-35-36-37)23-13-11-22(12-14-23)21-7-3-1-4-8-21/h1-18,27-30H,19-20H2,(H,33,38)/t27-,28+,29+,30+/m0/s1. The van der Waals surface area contributed by atoms with Gasteiger partial charge >= 0.3 is 6.09 Å². The summed E-state index contributed by atoms with van der Waals surface area (Å²) in [5, 5.41) is 15.2. The van der Waals surface area contributed by atoms with Crippen molar-refractivity contribution < 1.29 is 23.7 Å². The van der Waals surface area contributed by atoms with Gasteiger partial charge in [0.1, 0.15) is 29.7 Å². The largest absolute Gasteiger partial charge is 0.457 e. The van der Waals surface area contributed by atoms with Crippen molar-refractivity contribution in [3.05, 3.63) is 109 Å². The monoisotopic (exact) mass is 561 g/mol. The molecule has 2 aliphatic rings.